The average Bonchev–Trinajstić information content (AvgIpc) is 2.40. The number of esters is 1. The van der Waals surface area contributed by atoms with Gasteiger partial charge in [0, 0.05) is 5.92 Å². The first-order valence-corrected chi connectivity index (χ1v) is 6.09. The van der Waals surface area contributed by atoms with Crippen LogP contribution in [0.5, 0.6) is 0 Å². The Morgan fingerprint density at radius 1 is 1.47 bits per heavy atom. The number of rotatable bonds is 3. The second kappa shape index (κ2) is 4.38. The highest BCUT2D eigenvalue weighted by atomic mass is 16.6. The van der Waals surface area contributed by atoms with Gasteiger partial charge in [0.15, 0.2) is 0 Å². The number of allylic oxidation sites excluding steroid dienone is 1. The molecule has 2 atom stereocenters. The van der Waals surface area contributed by atoms with Gasteiger partial charge in [-0.05, 0) is 32.1 Å². The topological polar surface area (TPSA) is 26.3 Å². The molecule has 0 spiro atoms. The predicted octanol–water partition coefficient (Wildman–Crippen LogP) is 3.22. The maximum atomic E-state index is 11.4. The van der Waals surface area contributed by atoms with Crippen LogP contribution in [-0.4, -0.2) is 11.6 Å². The van der Waals surface area contributed by atoms with Crippen molar-refractivity contribution in [3.8, 4) is 0 Å². The van der Waals surface area contributed by atoms with Crippen molar-refractivity contribution in [2.75, 3.05) is 0 Å². The molecule has 2 heteroatoms. The third-order valence-corrected chi connectivity index (χ3v) is 3.90. The Bertz CT molecular complexity index is 259. The van der Waals surface area contributed by atoms with Gasteiger partial charge in [0.2, 0.25) is 0 Å². The SMILES string of the molecule is C=CCC[C@]12CCCCCC1CC(=O)O2. The van der Waals surface area contributed by atoms with Crippen molar-refractivity contribution in [2.24, 2.45) is 5.92 Å². The minimum absolute atomic E-state index is 0.0194. The molecule has 0 aromatic rings. The molecule has 1 saturated carbocycles. The van der Waals surface area contributed by atoms with Gasteiger partial charge in [-0.25, -0.2) is 0 Å². The van der Waals surface area contributed by atoms with E-state index in [1.54, 1.807) is 0 Å². The van der Waals surface area contributed by atoms with Crippen LogP contribution in [0.15, 0.2) is 12.7 Å². The number of ether oxygens (including phenoxy) is 1. The molecule has 0 amide bonds. The van der Waals surface area contributed by atoms with Crippen molar-refractivity contribution in [1.82, 2.24) is 0 Å². The lowest BCUT2D eigenvalue weighted by Crippen LogP contribution is -2.34. The van der Waals surface area contributed by atoms with Gasteiger partial charge in [-0.1, -0.05) is 18.9 Å². The number of hydrogen-bond donors (Lipinski definition) is 0. The van der Waals surface area contributed by atoms with Crippen LogP contribution in [-0.2, 0) is 9.53 Å². The summed E-state index contributed by atoms with van der Waals surface area (Å²) in [5.41, 5.74) is -0.123. The van der Waals surface area contributed by atoms with Crippen molar-refractivity contribution in [1.29, 1.82) is 0 Å². The second-order valence-electron chi connectivity index (χ2n) is 4.87. The van der Waals surface area contributed by atoms with E-state index in [4.69, 9.17) is 4.74 Å². The van der Waals surface area contributed by atoms with Crippen molar-refractivity contribution in [3.05, 3.63) is 12.7 Å². The minimum atomic E-state index is -0.123. The molecule has 84 valence electrons. The van der Waals surface area contributed by atoms with Crippen LogP contribution in [0, 0.1) is 5.92 Å². The lowest BCUT2D eigenvalue weighted by atomic mass is 9.80. The third-order valence-electron chi connectivity index (χ3n) is 3.90. The van der Waals surface area contributed by atoms with E-state index in [1.165, 1.54) is 25.7 Å². The standard InChI is InChI=1S/C13H20O2/c1-2-3-8-13-9-6-4-5-7-11(13)10-12(14)15-13/h2,11H,1,3-10H2/t11?,13-/m0/s1. The molecule has 2 rings (SSSR count). The zero-order valence-electron chi connectivity index (χ0n) is 9.34. The van der Waals surface area contributed by atoms with Gasteiger partial charge in [0.05, 0.1) is 6.42 Å². The van der Waals surface area contributed by atoms with Gasteiger partial charge in [0.1, 0.15) is 5.60 Å². The zero-order chi connectivity index (χ0) is 10.7. The second-order valence-corrected chi connectivity index (χ2v) is 4.87. The van der Waals surface area contributed by atoms with Gasteiger partial charge in [-0.2, -0.15) is 0 Å². The highest BCUT2D eigenvalue weighted by molar-refractivity contribution is 5.73. The van der Waals surface area contributed by atoms with Gasteiger partial charge in [-0.3, -0.25) is 4.79 Å². The van der Waals surface area contributed by atoms with Crippen LogP contribution in [0.25, 0.3) is 0 Å². The van der Waals surface area contributed by atoms with Gasteiger partial charge in [-0.15, -0.1) is 6.58 Å². The van der Waals surface area contributed by atoms with Gasteiger partial charge < -0.3 is 4.74 Å². The first-order chi connectivity index (χ1) is 7.27. The fraction of sp³-hybridized carbons (Fsp3) is 0.769. The molecule has 15 heavy (non-hydrogen) atoms. The number of fused-ring (bicyclic) bond motifs is 1. The summed E-state index contributed by atoms with van der Waals surface area (Å²) in [5, 5.41) is 0. The van der Waals surface area contributed by atoms with Crippen LogP contribution in [0.1, 0.15) is 51.4 Å². The highest BCUT2D eigenvalue weighted by Crippen LogP contribution is 2.45. The predicted molar refractivity (Wildman–Crippen MR) is 59.4 cm³/mol. The maximum absolute atomic E-state index is 11.4. The summed E-state index contributed by atoms with van der Waals surface area (Å²) in [4.78, 5) is 11.4. The van der Waals surface area contributed by atoms with Crippen molar-refractivity contribution >= 4 is 5.97 Å². The summed E-state index contributed by atoms with van der Waals surface area (Å²) >= 11 is 0. The summed E-state index contributed by atoms with van der Waals surface area (Å²) in [6, 6.07) is 0. The van der Waals surface area contributed by atoms with E-state index >= 15 is 0 Å². The minimum Gasteiger partial charge on any atom is -0.459 e. The first kappa shape index (κ1) is 10.7. The Labute approximate surface area is 91.7 Å². The van der Waals surface area contributed by atoms with Crippen molar-refractivity contribution in [2.45, 2.75) is 57.0 Å². The van der Waals surface area contributed by atoms with Gasteiger partial charge >= 0.3 is 5.97 Å². The van der Waals surface area contributed by atoms with E-state index in [0.29, 0.717) is 12.3 Å². The van der Waals surface area contributed by atoms with Crippen molar-refractivity contribution < 1.29 is 9.53 Å². The van der Waals surface area contributed by atoms with Crippen LogP contribution in [0.3, 0.4) is 0 Å². The van der Waals surface area contributed by atoms with Crippen LogP contribution < -0.4 is 0 Å². The largest absolute Gasteiger partial charge is 0.459 e. The number of carbonyl (C=O) groups excluding carboxylic acids is 1. The molecule has 0 radical (unpaired) electrons. The summed E-state index contributed by atoms with van der Waals surface area (Å²) in [5.74, 6) is 0.499. The molecule has 0 aromatic heterocycles. The smallest absolute Gasteiger partial charge is 0.306 e. The monoisotopic (exact) mass is 208 g/mol. The molecule has 2 fully saturated rings. The Morgan fingerprint density at radius 2 is 2.33 bits per heavy atom. The fourth-order valence-electron chi connectivity index (χ4n) is 3.08. The van der Waals surface area contributed by atoms with E-state index < -0.39 is 0 Å². The molecule has 1 heterocycles. The maximum Gasteiger partial charge on any atom is 0.306 e. The van der Waals surface area contributed by atoms with Gasteiger partial charge in [0.25, 0.3) is 0 Å². The highest BCUT2D eigenvalue weighted by Gasteiger charge is 2.48. The summed E-state index contributed by atoms with van der Waals surface area (Å²) in [7, 11) is 0. The molecular weight excluding hydrogens is 188 g/mol. The molecule has 0 N–H and O–H groups in total. The Balaban J connectivity index is 2.12. The number of carbonyl (C=O) groups is 1. The molecule has 0 aromatic carbocycles. The molecule has 1 aliphatic heterocycles. The lowest BCUT2D eigenvalue weighted by molar-refractivity contribution is -0.150. The van der Waals surface area contributed by atoms with E-state index in [9.17, 15) is 4.79 Å². The van der Waals surface area contributed by atoms with E-state index in [0.717, 1.165) is 19.3 Å². The van der Waals surface area contributed by atoms with E-state index in [2.05, 4.69) is 6.58 Å². The quantitative estimate of drug-likeness (QED) is 0.526. The van der Waals surface area contributed by atoms with Crippen LogP contribution >= 0.6 is 0 Å². The van der Waals surface area contributed by atoms with E-state index in [-0.39, 0.29) is 11.6 Å². The zero-order valence-corrected chi connectivity index (χ0v) is 9.34. The molecule has 1 aliphatic carbocycles. The summed E-state index contributed by atoms with van der Waals surface area (Å²) in [6.45, 7) is 3.76. The first-order valence-electron chi connectivity index (χ1n) is 6.09. The molecule has 2 nitrogen and oxygen atoms in total. The lowest BCUT2D eigenvalue weighted by Gasteiger charge is -2.31. The normalized spacial score (nSPS) is 35.5. The summed E-state index contributed by atoms with van der Waals surface area (Å²) < 4.78 is 5.65. The average molecular weight is 208 g/mol. The molecule has 1 saturated heterocycles. The molecule has 1 unspecified atom stereocenters. The number of hydrogen-bond acceptors (Lipinski definition) is 2. The van der Waals surface area contributed by atoms with Crippen LogP contribution in [0.2, 0.25) is 0 Å². The third kappa shape index (κ3) is 2.09. The van der Waals surface area contributed by atoms with E-state index in [1.807, 2.05) is 6.08 Å². The molecule has 2 aliphatic rings. The summed E-state index contributed by atoms with van der Waals surface area (Å²) in [6.07, 6.45) is 10.5. The fourth-order valence-corrected chi connectivity index (χ4v) is 3.08. The van der Waals surface area contributed by atoms with Crippen molar-refractivity contribution in [3.63, 3.8) is 0 Å². The Morgan fingerprint density at radius 3 is 3.13 bits per heavy atom. The Kier molecular flexibility index (Phi) is 3.13. The van der Waals surface area contributed by atoms with Crippen LogP contribution in [0.4, 0.5) is 0 Å². The Hall–Kier alpha value is -0.790. The molecular formula is C13H20O2. The molecule has 0 bridgehead atoms.